The molecule has 0 aliphatic rings. The van der Waals surface area contributed by atoms with Crippen LogP contribution in [0.2, 0.25) is 0 Å². The van der Waals surface area contributed by atoms with Gasteiger partial charge in [-0.15, -0.1) is 0 Å². The van der Waals surface area contributed by atoms with Gasteiger partial charge in [0, 0.05) is 10.8 Å². The molecule has 0 saturated carbocycles. The molecule has 0 aliphatic carbocycles. The molecule has 96 valence electrons. The van der Waals surface area contributed by atoms with Crippen molar-refractivity contribution in [3.63, 3.8) is 0 Å². The van der Waals surface area contributed by atoms with Gasteiger partial charge >= 0.3 is 0 Å². The molecule has 0 aromatic rings. The molecule has 2 amide bonds. The molecule has 0 bridgehead atoms. The van der Waals surface area contributed by atoms with Crippen LogP contribution < -0.4 is 5.32 Å². The van der Waals surface area contributed by atoms with Gasteiger partial charge in [0.1, 0.15) is 0 Å². The van der Waals surface area contributed by atoms with Crippen LogP contribution in [-0.4, -0.2) is 23.4 Å². The number of carbonyl (C=O) groups is 4. The summed E-state index contributed by atoms with van der Waals surface area (Å²) in [5.41, 5.74) is -1.76. The number of rotatable bonds is 2. The predicted octanol–water partition coefficient (Wildman–Crippen LogP) is 0.860. The molecule has 0 unspecified atom stereocenters. The van der Waals surface area contributed by atoms with Crippen molar-refractivity contribution in [2.75, 3.05) is 0 Å². The average Bonchev–Trinajstić information content (AvgIpc) is 2.12. The maximum Gasteiger partial charge on any atom is 0.294 e. The first-order valence-electron chi connectivity index (χ1n) is 5.32. The van der Waals surface area contributed by atoms with Crippen LogP contribution in [0, 0.1) is 10.8 Å². The third kappa shape index (κ3) is 4.46. The van der Waals surface area contributed by atoms with E-state index < -0.39 is 34.2 Å². The first-order chi connectivity index (χ1) is 7.37. The molecule has 0 aromatic heterocycles. The molecule has 5 nitrogen and oxygen atoms in total. The third-order valence-electron chi connectivity index (χ3n) is 2.00. The van der Waals surface area contributed by atoms with E-state index >= 15 is 0 Å². The average molecular weight is 241 g/mol. The largest absolute Gasteiger partial charge is 0.294 e. The van der Waals surface area contributed by atoms with E-state index in [4.69, 9.17) is 0 Å². The second-order valence-corrected chi connectivity index (χ2v) is 5.94. The SMILES string of the molecule is CC(C)(C)C(=O)C(=O)NC(=O)C(=O)C(C)(C)C. The Labute approximate surface area is 101 Å². The van der Waals surface area contributed by atoms with Crippen molar-refractivity contribution >= 4 is 23.4 Å². The first-order valence-corrected chi connectivity index (χ1v) is 5.32. The van der Waals surface area contributed by atoms with Gasteiger partial charge in [-0.05, 0) is 0 Å². The Kier molecular flexibility index (Phi) is 4.35. The zero-order valence-electron chi connectivity index (χ0n) is 11.1. The first kappa shape index (κ1) is 15.5. The Bertz CT molecular complexity index is 333. The Balaban J connectivity index is 4.69. The number of Topliss-reactive ketones (excluding diaryl/α,β-unsaturated/α-hetero) is 2. The van der Waals surface area contributed by atoms with Crippen LogP contribution in [-0.2, 0) is 19.2 Å². The molecule has 0 heterocycles. The molecule has 0 fully saturated rings. The molecular formula is C12H19NO4. The Morgan fingerprint density at radius 3 is 1.06 bits per heavy atom. The van der Waals surface area contributed by atoms with Crippen molar-refractivity contribution in [2.45, 2.75) is 41.5 Å². The van der Waals surface area contributed by atoms with Crippen molar-refractivity contribution in [2.24, 2.45) is 10.8 Å². The lowest BCUT2D eigenvalue weighted by atomic mass is 9.89. The monoisotopic (exact) mass is 241 g/mol. The molecule has 17 heavy (non-hydrogen) atoms. The fourth-order valence-electron chi connectivity index (χ4n) is 0.898. The topological polar surface area (TPSA) is 80.3 Å². The quantitative estimate of drug-likeness (QED) is 0.727. The fourth-order valence-corrected chi connectivity index (χ4v) is 0.898. The van der Waals surface area contributed by atoms with Gasteiger partial charge in [-0.2, -0.15) is 0 Å². The lowest BCUT2D eigenvalue weighted by Gasteiger charge is -2.17. The van der Waals surface area contributed by atoms with Gasteiger partial charge in [-0.25, -0.2) is 0 Å². The molecule has 5 heteroatoms. The third-order valence-corrected chi connectivity index (χ3v) is 2.00. The van der Waals surface area contributed by atoms with Crippen molar-refractivity contribution in [3.8, 4) is 0 Å². The fraction of sp³-hybridized carbons (Fsp3) is 0.667. The second-order valence-electron chi connectivity index (χ2n) is 5.94. The highest BCUT2D eigenvalue weighted by atomic mass is 16.2. The number of hydrogen-bond donors (Lipinski definition) is 1. The van der Waals surface area contributed by atoms with E-state index in [1.807, 2.05) is 5.32 Å². The number of hydrogen-bond acceptors (Lipinski definition) is 4. The lowest BCUT2D eigenvalue weighted by molar-refractivity contribution is -0.149. The highest BCUT2D eigenvalue weighted by molar-refractivity contribution is 6.48. The van der Waals surface area contributed by atoms with Gasteiger partial charge in [0.15, 0.2) is 0 Å². The smallest absolute Gasteiger partial charge is 0.288 e. The van der Waals surface area contributed by atoms with Crippen LogP contribution in [0.4, 0.5) is 0 Å². The van der Waals surface area contributed by atoms with E-state index in [1.54, 1.807) is 41.5 Å². The van der Waals surface area contributed by atoms with Gasteiger partial charge in [-0.3, -0.25) is 24.5 Å². The van der Waals surface area contributed by atoms with Crippen molar-refractivity contribution in [1.82, 2.24) is 5.32 Å². The zero-order chi connectivity index (χ0) is 14.0. The van der Waals surface area contributed by atoms with Crippen LogP contribution in [0.1, 0.15) is 41.5 Å². The van der Waals surface area contributed by atoms with Crippen LogP contribution in [0.3, 0.4) is 0 Å². The van der Waals surface area contributed by atoms with E-state index in [-0.39, 0.29) is 0 Å². The summed E-state index contributed by atoms with van der Waals surface area (Å²) in [6, 6.07) is 0. The van der Waals surface area contributed by atoms with E-state index in [1.165, 1.54) is 0 Å². The normalized spacial score (nSPS) is 11.9. The molecule has 0 rings (SSSR count). The minimum Gasteiger partial charge on any atom is -0.288 e. The summed E-state index contributed by atoms with van der Waals surface area (Å²) in [5, 5.41) is 1.82. The number of nitrogens with one attached hydrogen (secondary N) is 1. The summed E-state index contributed by atoms with van der Waals surface area (Å²) in [6.07, 6.45) is 0. The highest BCUT2D eigenvalue weighted by Gasteiger charge is 2.33. The van der Waals surface area contributed by atoms with Crippen LogP contribution in [0.15, 0.2) is 0 Å². The van der Waals surface area contributed by atoms with Gasteiger partial charge in [-0.1, -0.05) is 41.5 Å². The number of ketones is 2. The van der Waals surface area contributed by atoms with Gasteiger partial charge < -0.3 is 0 Å². The standard InChI is InChI=1S/C12H19NO4/c1-11(2,3)7(14)9(16)13-10(17)8(15)12(4,5)6/h1-6H3,(H,13,16,17). The number of amides is 2. The summed E-state index contributed by atoms with van der Waals surface area (Å²) in [4.78, 5) is 45.8. The van der Waals surface area contributed by atoms with Gasteiger partial charge in [0.2, 0.25) is 11.6 Å². The Hall–Kier alpha value is -1.52. The summed E-state index contributed by atoms with van der Waals surface area (Å²) in [6.45, 7) is 9.36. The summed E-state index contributed by atoms with van der Waals surface area (Å²) in [7, 11) is 0. The minimum atomic E-state index is -1.04. The van der Waals surface area contributed by atoms with Crippen LogP contribution >= 0.6 is 0 Å². The molecule has 0 spiro atoms. The molecule has 0 atom stereocenters. The summed E-state index contributed by atoms with van der Waals surface area (Å²) < 4.78 is 0. The molecule has 0 saturated heterocycles. The van der Waals surface area contributed by atoms with E-state index in [9.17, 15) is 19.2 Å². The molecule has 0 aliphatic heterocycles. The second kappa shape index (κ2) is 4.77. The maximum atomic E-state index is 11.5. The molecule has 1 N–H and O–H groups in total. The lowest BCUT2D eigenvalue weighted by Crippen LogP contribution is -2.46. The summed E-state index contributed by atoms with van der Waals surface area (Å²) >= 11 is 0. The molecule has 0 radical (unpaired) electrons. The van der Waals surface area contributed by atoms with Crippen LogP contribution in [0.5, 0.6) is 0 Å². The van der Waals surface area contributed by atoms with E-state index in [0.29, 0.717) is 0 Å². The Morgan fingerprint density at radius 1 is 0.647 bits per heavy atom. The highest BCUT2D eigenvalue weighted by Crippen LogP contribution is 2.16. The summed E-state index contributed by atoms with van der Waals surface area (Å²) in [5.74, 6) is -3.54. The van der Waals surface area contributed by atoms with Crippen LogP contribution in [0.25, 0.3) is 0 Å². The zero-order valence-corrected chi connectivity index (χ0v) is 11.1. The predicted molar refractivity (Wildman–Crippen MR) is 62.1 cm³/mol. The van der Waals surface area contributed by atoms with Crippen molar-refractivity contribution < 1.29 is 19.2 Å². The minimum absolute atomic E-state index is 0.729. The van der Waals surface area contributed by atoms with Gasteiger partial charge in [0.25, 0.3) is 11.8 Å². The van der Waals surface area contributed by atoms with Crippen molar-refractivity contribution in [1.29, 1.82) is 0 Å². The number of carbonyl (C=O) groups excluding carboxylic acids is 4. The van der Waals surface area contributed by atoms with Gasteiger partial charge in [0.05, 0.1) is 0 Å². The molecular weight excluding hydrogens is 222 g/mol. The number of imide groups is 1. The van der Waals surface area contributed by atoms with E-state index in [0.717, 1.165) is 0 Å². The maximum absolute atomic E-state index is 11.5. The molecule has 0 aromatic carbocycles. The van der Waals surface area contributed by atoms with Crippen molar-refractivity contribution in [3.05, 3.63) is 0 Å². The van der Waals surface area contributed by atoms with E-state index in [2.05, 4.69) is 0 Å². The Morgan fingerprint density at radius 2 is 0.882 bits per heavy atom.